The number of carboxylic acid groups (broad SMARTS) is 1. The molecule has 124 valence electrons. The van der Waals surface area contributed by atoms with Gasteiger partial charge in [0, 0.05) is 19.0 Å². The number of hydrogen-bond acceptors (Lipinski definition) is 6. The molecule has 0 aromatic carbocycles. The molecule has 0 fully saturated rings. The van der Waals surface area contributed by atoms with E-state index in [0.29, 0.717) is 5.69 Å². The summed E-state index contributed by atoms with van der Waals surface area (Å²) in [5.41, 5.74) is 11.6. The van der Waals surface area contributed by atoms with E-state index in [9.17, 15) is 9.59 Å². The lowest BCUT2D eigenvalue weighted by Gasteiger charge is -2.05. The van der Waals surface area contributed by atoms with Crippen LogP contribution in [-0.4, -0.2) is 38.6 Å². The lowest BCUT2D eigenvalue weighted by atomic mass is 10.2. The molecule has 0 saturated carbocycles. The van der Waals surface area contributed by atoms with Gasteiger partial charge in [-0.3, -0.25) is 9.59 Å². The molecule has 0 radical (unpaired) electrons. The van der Waals surface area contributed by atoms with Crippen molar-refractivity contribution in [2.45, 2.75) is 32.7 Å². The Labute approximate surface area is 132 Å². The van der Waals surface area contributed by atoms with Crippen molar-refractivity contribution in [3.05, 3.63) is 23.8 Å². The van der Waals surface area contributed by atoms with Crippen LogP contribution in [0, 0.1) is 0 Å². The van der Waals surface area contributed by atoms with E-state index in [1.165, 1.54) is 6.20 Å². The Kier molecular flexibility index (Phi) is 7.11. The van der Waals surface area contributed by atoms with Gasteiger partial charge in [-0.2, -0.15) is 0 Å². The average molecular weight is 321 g/mol. The number of rotatable bonds is 8. The number of aromatic nitrogens is 2. The van der Waals surface area contributed by atoms with E-state index in [2.05, 4.69) is 25.5 Å². The van der Waals surface area contributed by atoms with Gasteiger partial charge in [0.15, 0.2) is 11.7 Å². The zero-order chi connectivity index (χ0) is 17.2. The highest BCUT2D eigenvalue weighted by molar-refractivity contribution is 5.94. The van der Waals surface area contributed by atoms with Crippen LogP contribution in [0.25, 0.3) is 0 Å². The number of amides is 1. The highest BCUT2D eigenvalue weighted by atomic mass is 16.4. The zero-order valence-electron chi connectivity index (χ0n) is 12.7. The van der Waals surface area contributed by atoms with Gasteiger partial charge in [-0.1, -0.05) is 0 Å². The van der Waals surface area contributed by atoms with Gasteiger partial charge < -0.3 is 21.9 Å². The van der Waals surface area contributed by atoms with Gasteiger partial charge in [0.2, 0.25) is 5.91 Å². The highest BCUT2D eigenvalue weighted by Crippen LogP contribution is 1.99. The van der Waals surface area contributed by atoms with E-state index in [0.717, 1.165) is 0 Å². The average Bonchev–Trinajstić information content (AvgIpc) is 2.50. The van der Waals surface area contributed by atoms with Gasteiger partial charge in [0.05, 0.1) is 12.2 Å². The van der Waals surface area contributed by atoms with Crippen molar-refractivity contribution in [3.8, 4) is 0 Å². The monoisotopic (exact) mass is 321 g/mol. The Bertz CT molecular complexity index is 624. The number of nitrogens with zero attached hydrogens (tertiary/aromatic N) is 4. The molecule has 1 amide bonds. The summed E-state index contributed by atoms with van der Waals surface area (Å²) >= 11 is 0. The molecule has 0 unspecified atom stereocenters. The summed E-state index contributed by atoms with van der Waals surface area (Å²) in [6.07, 6.45) is 1.86. The van der Waals surface area contributed by atoms with Crippen LogP contribution in [-0.2, 0) is 16.1 Å². The predicted octanol–water partition coefficient (Wildman–Crippen LogP) is -0.655. The SMILES string of the molecule is C/C(N)=N/N=C(\N)c1nccc(CNC(=O)CCCC(=O)O)n1. The number of nitrogens with two attached hydrogens (primary N) is 2. The predicted molar refractivity (Wildman–Crippen MR) is 83.4 cm³/mol. The third kappa shape index (κ3) is 7.50. The number of aliphatic carboxylic acids is 1. The van der Waals surface area contributed by atoms with Gasteiger partial charge >= 0.3 is 5.97 Å². The van der Waals surface area contributed by atoms with E-state index in [1.807, 2.05) is 0 Å². The van der Waals surface area contributed by atoms with Crippen molar-refractivity contribution in [3.63, 3.8) is 0 Å². The van der Waals surface area contributed by atoms with Gasteiger partial charge in [0.25, 0.3) is 0 Å². The third-order valence-electron chi connectivity index (χ3n) is 2.52. The zero-order valence-corrected chi connectivity index (χ0v) is 12.7. The first-order chi connectivity index (χ1) is 10.9. The Morgan fingerprint density at radius 2 is 2.04 bits per heavy atom. The molecule has 1 aromatic rings. The first-order valence-corrected chi connectivity index (χ1v) is 6.82. The van der Waals surface area contributed by atoms with Crippen molar-refractivity contribution in [1.29, 1.82) is 0 Å². The normalized spacial score (nSPS) is 12.0. The molecule has 1 aromatic heterocycles. The van der Waals surface area contributed by atoms with Gasteiger partial charge in [-0.05, 0) is 19.4 Å². The highest BCUT2D eigenvalue weighted by Gasteiger charge is 2.07. The molecule has 1 rings (SSSR count). The topological polar surface area (TPSA) is 169 Å². The molecule has 0 saturated heterocycles. The molecule has 10 heteroatoms. The molecule has 23 heavy (non-hydrogen) atoms. The maximum Gasteiger partial charge on any atom is 0.303 e. The van der Waals surface area contributed by atoms with E-state index in [1.54, 1.807) is 13.0 Å². The maximum atomic E-state index is 11.6. The largest absolute Gasteiger partial charge is 0.481 e. The number of carboxylic acids is 1. The van der Waals surface area contributed by atoms with Crippen LogP contribution in [0.3, 0.4) is 0 Å². The van der Waals surface area contributed by atoms with Crippen LogP contribution < -0.4 is 16.8 Å². The summed E-state index contributed by atoms with van der Waals surface area (Å²) in [6, 6.07) is 1.62. The summed E-state index contributed by atoms with van der Waals surface area (Å²) in [7, 11) is 0. The van der Waals surface area contributed by atoms with Crippen molar-refractivity contribution < 1.29 is 14.7 Å². The summed E-state index contributed by atoms with van der Waals surface area (Å²) < 4.78 is 0. The Balaban J connectivity index is 2.57. The van der Waals surface area contributed by atoms with Gasteiger partial charge in [-0.25, -0.2) is 9.97 Å². The molecule has 1 heterocycles. The molecule has 0 aliphatic carbocycles. The fourth-order valence-electron chi connectivity index (χ4n) is 1.47. The van der Waals surface area contributed by atoms with E-state index in [4.69, 9.17) is 16.6 Å². The second-order valence-corrected chi connectivity index (χ2v) is 4.62. The molecule has 10 nitrogen and oxygen atoms in total. The van der Waals surface area contributed by atoms with Crippen molar-refractivity contribution >= 4 is 23.5 Å². The van der Waals surface area contributed by atoms with Gasteiger partial charge in [-0.15, -0.1) is 10.2 Å². The second-order valence-electron chi connectivity index (χ2n) is 4.62. The summed E-state index contributed by atoms with van der Waals surface area (Å²) in [5.74, 6) is -0.755. The summed E-state index contributed by atoms with van der Waals surface area (Å²) in [4.78, 5) is 30.0. The van der Waals surface area contributed by atoms with E-state index in [-0.39, 0.29) is 49.2 Å². The first kappa shape index (κ1) is 18.0. The van der Waals surface area contributed by atoms with Crippen LogP contribution in [0.1, 0.15) is 37.7 Å². The molecule has 0 spiro atoms. The number of nitrogens with one attached hydrogen (secondary N) is 1. The molecular weight excluding hydrogens is 302 g/mol. The van der Waals surface area contributed by atoms with E-state index < -0.39 is 5.97 Å². The molecule has 0 atom stereocenters. The standard InChI is InChI=1S/C13H19N7O3/c1-8(14)19-20-12(15)13-16-6-5-9(18-13)7-17-10(21)3-2-4-11(22)23/h5-6H,2-4,7H2,1H3,(H2,14,19)(H2,15,20)(H,17,21)(H,22,23). The van der Waals surface area contributed by atoms with Crippen molar-refractivity contribution in [1.82, 2.24) is 15.3 Å². The Hall–Kier alpha value is -3.04. The lowest BCUT2D eigenvalue weighted by Crippen LogP contribution is -2.24. The van der Waals surface area contributed by atoms with Crippen LogP contribution in [0.4, 0.5) is 0 Å². The van der Waals surface area contributed by atoms with Crippen molar-refractivity contribution in [2.75, 3.05) is 0 Å². The summed E-state index contributed by atoms with van der Waals surface area (Å²) in [6.45, 7) is 1.74. The number of hydrogen-bond donors (Lipinski definition) is 4. The van der Waals surface area contributed by atoms with Crippen LogP contribution in [0.15, 0.2) is 22.5 Å². The number of carbonyl (C=O) groups is 2. The van der Waals surface area contributed by atoms with Crippen LogP contribution in [0.2, 0.25) is 0 Å². The fourth-order valence-corrected chi connectivity index (χ4v) is 1.47. The second kappa shape index (κ2) is 9.07. The molecule has 0 aliphatic heterocycles. The first-order valence-electron chi connectivity index (χ1n) is 6.82. The lowest BCUT2D eigenvalue weighted by molar-refractivity contribution is -0.137. The summed E-state index contributed by atoms with van der Waals surface area (Å²) in [5, 5.41) is 18.4. The molecular formula is C13H19N7O3. The molecule has 0 bridgehead atoms. The minimum absolute atomic E-state index is 0.00411. The smallest absolute Gasteiger partial charge is 0.303 e. The molecule has 6 N–H and O–H groups in total. The van der Waals surface area contributed by atoms with E-state index >= 15 is 0 Å². The van der Waals surface area contributed by atoms with Crippen LogP contribution in [0.5, 0.6) is 0 Å². The van der Waals surface area contributed by atoms with Crippen LogP contribution >= 0.6 is 0 Å². The Morgan fingerprint density at radius 1 is 1.30 bits per heavy atom. The maximum absolute atomic E-state index is 11.6. The Morgan fingerprint density at radius 3 is 2.70 bits per heavy atom. The minimum Gasteiger partial charge on any atom is -0.481 e. The minimum atomic E-state index is -0.927. The third-order valence-corrected chi connectivity index (χ3v) is 2.52. The number of amidine groups is 2. The quantitative estimate of drug-likeness (QED) is 0.280. The van der Waals surface area contributed by atoms with Crippen molar-refractivity contribution in [2.24, 2.45) is 21.7 Å². The number of carbonyl (C=O) groups excluding carboxylic acids is 1. The fraction of sp³-hybridized carbons (Fsp3) is 0.385. The van der Waals surface area contributed by atoms with Gasteiger partial charge in [0.1, 0.15) is 5.84 Å². The molecule has 0 aliphatic rings.